The maximum atomic E-state index is 13.8. The Morgan fingerprint density at radius 2 is 1.42 bits per heavy atom. The predicted octanol–water partition coefficient (Wildman–Crippen LogP) is 10.2. The number of carboxylic acid groups (broad SMARTS) is 1. The van der Waals surface area contributed by atoms with Crippen LogP contribution in [0.1, 0.15) is 60.8 Å². The van der Waals surface area contributed by atoms with Gasteiger partial charge in [0.25, 0.3) is 15.9 Å². The number of carbonyl (C=O) groups is 2. The van der Waals surface area contributed by atoms with E-state index in [0.717, 1.165) is 77.5 Å². The minimum absolute atomic E-state index is 0.0601. The van der Waals surface area contributed by atoms with Gasteiger partial charge in [-0.3, -0.25) is 14.3 Å². The molecule has 8 rings (SSSR count). The summed E-state index contributed by atoms with van der Waals surface area (Å²) < 4.78 is 59.3. The standard InChI is InChI=1S/C55H64ClN7O7S3/c1-37(2)63-39(4)51(54(64)59-72(5,67)68)52(53(63)40-14-16-43(56)17-15-40)42-10-9-11-47(35-42)62-32-30-61(31-33-62)46-20-18-44(19-21-46)58-73(69,70)49-22-23-50(38(3)34-49)57-45(36-71-48-12-7-6-8-13-48)26-29-60-27-24-41(25-28-60)55(65)66/h6-23,34-35,37,41,45,57-58H,24-33,36H2,1-5H3,(H,59,64)(H,65,66)/t45-/m1/s1. The molecular weight excluding hydrogens is 1000 g/mol. The van der Waals surface area contributed by atoms with Gasteiger partial charge in [0, 0.05) is 94.5 Å². The van der Waals surface area contributed by atoms with E-state index in [-0.39, 0.29) is 28.5 Å². The summed E-state index contributed by atoms with van der Waals surface area (Å²) in [7, 11) is -7.77. The van der Waals surface area contributed by atoms with Gasteiger partial charge in [0.15, 0.2) is 0 Å². The summed E-state index contributed by atoms with van der Waals surface area (Å²) in [6.07, 6.45) is 3.14. The number of thioether (sulfide) groups is 1. The molecule has 0 bridgehead atoms. The highest BCUT2D eigenvalue weighted by Crippen LogP contribution is 2.43. The van der Waals surface area contributed by atoms with Crippen LogP contribution in [0.25, 0.3) is 22.4 Å². The van der Waals surface area contributed by atoms with Gasteiger partial charge in [-0.05, 0) is 156 Å². The maximum absolute atomic E-state index is 13.8. The molecule has 6 aromatic rings. The van der Waals surface area contributed by atoms with Gasteiger partial charge in [0.05, 0.1) is 28.3 Å². The van der Waals surface area contributed by atoms with Crippen molar-refractivity contribution in [3.05, 3.63) is 143 Å². The van der Waals surface area contributed by atoms with E-state index in [4.69, 9.17) is 11.6 Å². The van der Waals surface area contributed by atoms with Crippen LogP contribution in [-0.4, -0.2) is 107 Å². The van der Waals surface area contributed by atoms with Crippen LogP contribution in [0.15, 0.2) is 131 Å². The van der Waals surface area contributed by atoms with Crippen LogP contribution in [0.5, 0.6) is 0 Å². The van der Waals surface area contributed by atoms with E-state index in [1.165, 1.54) is 4.90 Å². The van der Waals surface area contributed by atoms with Crippen molar-refractivity contribution in [2.24, 2.45) is 5.92 Å². The van der Waals surface area contributed by atoms with Crippen LogP contribution < -0.4 is 24.6 Å². The lowest BCUT2D eigenvalue weighted by Gasteiger charge is -2.37. The lowest BCUT2D eigenvalue weighted by atomic mass is 9.96. The van der Waals surface area contributed by atoms with Crippen LogP contribution >= 0.6 is 23.4 Å². The molecule has 5 aromatic carbocycles. The third-order valence-electron chi connectivity index (χ3n) is 13.6. The highest BCUT2D eigenvalue weighted by Gasteiger charge is 2.31. The largest absolute Gasteiger partial charge is 0.481 e. The number of halogens is 1. The van der Waals surface area contributed by atoms with Crippen molar-refractivity contribution in [3.8, 4) is 22.4 Å². The van der Waals surface area contributed by atoms with Crippen molar-refractivity contribution in [3.63, 3.8) is 0 Å². The van der Waals surface area contributed by atoms with E-state index < -0.39 is 31.9 Å². The normalized spacial score (nSPS) is 15.3. The summed E-state index contributed by atoms with van der Waals surface area (Å²) in [4.78, 5) is 33.6. The van der Waals surface area contributed by atoms with Crippen molar-refractivity contribution >= 4 is 78.0 Å². The average Bonchev–Trinajstić information content (AvgIpc) is 3.68. The SMILES string of the molecule is Cc1cc(S(=O)(=O)Nc2ccc(N3CCN(c4cccc(-c5c(C(=O)NS(C)(=O)=O)c(C)n(C(C)C)c5-c5ccc(Cl)cc5)c4)CC3)cc2)ccc1N[C@H](CCN1CCC(C(=O)O)CC1)CSc1ccccc1. The summed E-state index contributed by atoms with van der Waals surface area (Å²) in [5.74, 6) is -0.880. The molecule has 386 valence electrons. The molecule has 0 aliphatic carbocycles. The number of nitrogens with one attached hydrogen (secondary N) is 3. The smallest absolute Gasteiger partial charge is 0.306 e. The number of nitrogens with zero attached hydrogens (tertiary/aromatic N) is 4. The molecule has 73 heavy (non-hydrogen) atoms. The number of rotatable bonds is 19. The first kappa shape index (κ1) is 53.3. The summed E-state index contributed by atoms with van der Waals surface area (Å²) in [6, 6.07) is 38.3. The third kappa shape index (κ3) is 13.2. The van der Waals surface area contributed by atoms with E-state index in [9.17, 15) is 31.5 Å². The zero-order valence-electron chi connectivity index (χ0n) is 41.8. The fraction of sp³-hybridized carbons (Fsp3) is 0.345. The number of likely N-dealkylation sites (tertiary alicyclic amines) is 1. The molecular formula is C55H64ClN7O7S3. The van der Waals surface area contributed by atoms with Crippen molar-refractivity contribution in [2.75, 3.05) is 77.7 Å². The molecule has 1 amide bonds. The Hall–Kier alpha value is -5.98. The van der Waals surface area contributed by atoms with Crippen molar-refractivity contribution in [1.29, 1.82) is 0 Å². The first-order chi connectivity index (χ1) is 34.8. The molecule has 1 atom stereocenters. The fourth-order valence-corrected chi connectivity index (χ4v) is 12.6. The molecule has 0 unspecified atom stereocenters. The van der Waals surface area contributed by atoms with E-state index in [1.807, 2.05) is 94.4 Å². The number of sulfonamides is 2. The van der Waals surface area contributed by atoms with Gasteiger partial charge in [-0.2, -0.15) is 0 Å². The number of carboxylic acids is 1. The van der Waals surface area contributed by atoms with Gasteiger partial charge in [0.1, 0.15) is 0 Å². The number of anilines is 4. The Balaban J connectivity index is 0.920. The molecule has 2 aliphatic heterocycles. The zero-order valence-corrected chi connectivity index (χ0v) is 45.1. The highest BCUT2D eigenvalue weighted by molar-refractivity contribution is 7.99. The van der Waals surface area contributed by atoms with Crippen molar-refractivity contribution in [1.82, 2.24) is 14.2 Å². The van der Waals surface area contributed by atoms with Crippen LogP contribution in [0.4, 0.5) is 22.7 Å². The zero-order chi connectivity index (χ0) is 52.0. The summed E-state index contributed by atoms with van der Waals surface area (Å²) >= 11 is 8.08. The van der Waals surface area contributed by atoms with E-state index in [1.54, 1.807) is 48.2 Å². The first-order valence-electron chi connectivity index (χ1n) is 24.6. The molecule has 0 radical (unpaired) electrons. The molecule has 2 saturated heterocycles. The van der Waals surface area contributed by atoms with Crippen LogP contribution in [0.2, 0.25) is 5.02 Å². The monoisotopic (exact) mass is 1070 g/mol. The first-order valence-corrected chi connectivity index (χ1v) is 29.3. The fourth-order valence-electron chi connectivity index (χ4n) is 9.90. The molecule has 1 aromatic heterocycles. The Morgan fingerprint density at radius 1 is 0.767 bits per heavy atom. The highest BCUT2D eigenvalue weighted by atomic mass is 35.5. The number of piperidine rings is 1. The number of benzene rings is 5. The number of piperazine rings is 1. The van der Waals surface area contributed by atoms with Gasteiger partial charge in [0.2, 0.25) is 10.0 Å². The second-order valence-corrected chi connectivity index (χ2v) is 24.2. The molecule has 2 aliphatic rings. The number of aryl methyl sites for hydroxylation is 1. The molecule has 3 heterocycles. The van der Waals surface area contributed by atoms with Crippen molar-refractivity contribution < 1.29 is 31.5 Å². The lowest BCUT2D eigenvalue weighted by molar-refractivity contribution is -0.143. The van der Waals surface area contributed by atoms with Gasteiger partial charge in [-0.15, -0.1) is 11.8 Å². The maximum Gasteiger partial charge on any atom is 0.306 e. The number of carbonyl (C=O) groups excluding carboxylic acids is 1. The average molecular weight is 1070 g/mol. The molecule has 2 fully saturated rings. The Morgan fingerprint density at radius 3 is 2.04 bits per heavy atom. The number of amides is 1. The summed E-state index contributed by atoms with van der Waals surface area (Å²) in [6.45, 7) is 13.0. The number of aromatic nitrogens is 1. The minimum Gasteiger partial charge on any atom is -0.481 e. The third-order valence-corrected chi connectivity index (χ3v) is 17.0. The van der Waals surface area contributed by atoms with Gasteiger partial charge in [-0.1, -0.05) is 54.1 Å². The molecule has 0 saturated carbocycles. The van der Waals surface area contributed by atoms with E-state index in [0.29, 0.717) is 61.0 Å². The Kier molecular flexibility index (Phi) is 16.8. The second-order valence-electron chi connectivity index (χ2n) is 19.2. The number of aliphatic carboxylic acids is 1. The molecule has 0 spiro atoms. The molecule has 4 N–H and O–H groups in total. The van der Waals surface area contributed by atoms with Gasteiger partial charge >= 0.3 is 5.97 Å². The van der Waals surface area contributed by atoms with Crippen LogP contribution in [0, 0.1) is 19.8 Å². The predicted molar refractivity (Wildman–Crippen MR) is 297 cm³/mol. The van der Waals surface area contributed by atoms with Gasteiger partial charge < -0.3 is 29.7 Å². The molecule has 18 heteroatoms. The topological polar surface area (TPSA) is 173 Å². The second kappa shape index (κ2) is 23.1. The van der Waals surface area contributed by atoms with Gasteiger partial charge in [-0.25, -0.2) is 21.6 Å². The Labute approximate surface area is 439 Å². The lowest BCUT2D eigenvalue weighted by Crippen LogP contribution is -2.46. The Bertz CT molecular complexity index is 3140. The quantitative estimate of drug-likeness (QED) is 0.0567. The van der Waals surface area contributed by atoms with E-state index in [2.05, 4.69) is 52.2 Å². The van der Waals surface area contributed by atoms with Crippen LogP contribution in [-0.2, 0) is 24.8 Å². The minimum atomic E-state index is -3.91. The number of hydrogen-bond donors (Lipinski definition) is 4. The number of hydrogen-bond acceptors (Lipinski definition) is 11. The summed E-state index contributed by atoms with van der Waals surface area (Å²) in [5, 5.41) is 13.7. The van der Waals surface area contributed by atoms with E-state index >= 15 is 0 Å². The van der Waals surface area contributed by atoms with Crippen molar-refractivity contribution in [2.45, 2.75) is 68.8 Å². The molecule has 14 nitrogen and oxygen atoms in total. The summed E-state index contributed by atoms with van der Waals surface area (Å²) in [5.41, 5.74) is 8.02. The van der Waals surface area contributed by atoms with Crippen LogP contribution in [0.3, 0.4) is 0 Å².